The molecule has 21 heavy (non-hydrogen) atoms. The van der Waals surface area contributed by atoms with Crippen molar-refractivity contribution in [3.63, 3.8) is 0 Å². The molecule has 2 aromatic rings. The highest BCUT2D eigenvalue weighted by Crippen LogP contribution is 2.17. The lowest BCUT2D eigenvalue weighted by molar-refractivity contribution is -0.109. The van der Waals surface area contributed by atoms with Crippen LogP contribution in [0.25, 0.3) is 5.65 Å². The molecule has 0 spiro atoms. The molecule has 0 saturated carbocycles. The van der Waals surface area contributed by atoms with Crippen molar-refractivity contribution in [3.05, 3.63) is 30.2 Å². The highest BCUT2D eigenvalue weighted by molar-refractivity contribution is 5.93. The fraction of sp³-hybridized carbons (Fsp3) is 0.500. The molecule has 0 aliphatic carbocycles. The first-order chi connectivity index (χ1) is 10.3. The van der Waals surface area contributed by atoms with Gasteiger partial charge in [-0.3, -0.25) is 14.0 Å². The zero-order valence-corrected chi connectivity index (χ0v) is 11.9. The fourth-order valence-corrected chi connectivity index (χ4v) is 2.50. The van der Waals surface area contributed by atoms with Gasteiger partial charge in [-0.2, -0.15) is 0 Å². The number of pyridine rings is 1. The summed E-state index contributed by atoms with van der Waals surface area (Å²) in [6, 6.07) is 3.50. The Hall–Kier alpha value is -1.99. The number of carbonyl (C=O) groups is 1. The first kappa shape index (κ1) is 14.0. The van der Waals surface area contributed by atoms with Crippen molar-refractivity contribution in [1.29, 1.82) is 0 Å². The van der Waals surface area contributed by atoms with Gasteiger partial charge in [0, 0.05) is 19.4 Å². The summed E-state index contributed by atoms with van der Waals surface area (Å²) in [7, 11) is 1.52. The van der Waals surface area contributed by atoms with Crippen LogP contribution in [0, 0.1) is 5.92 Å². The van der Waals surface area contributed by atoms with E-state index in [1.165, 1.54) is 12.2 Å². The van der Waals surface area contributed by atoms with Crippen LogP contribution in [0.2, 0.25) is 0 Å². The predicted octanol–water partition coefficient (Wildman–Crippen LogP) is 1.16. The summed E-state index contributed by atoms with van der Waals surface area (Å²) >= 11 is 0. The quantitative estimate of drug-likeness (QED) is 0.790. The molecule has 1 amide bonds. The van der Waals surface area contributed by atoms with E-state index >= 15 is 0 Å². The Morgan fingerprint density at radius 2 is 2.29 bits per heavy atom. The van der Waals surface area contributed by atoms with Gasteiger partial charge in [-0.25, -0.2) is 5.06 Å². The Morgan fingerprint density at radius 1 is 1.48 bits per heavy atom. The third kappa shape index (κ3) is 3.03. The predicted molar refractivity (Wildman–Crippen MR) is 74.6 cm³/mol. The van der Waals surface area contributed by atoms with E-state index in [9.17, 15) is 4.79 Å². The zero-order chi connectivity index (χ0) is 14.7. The van der Waals surface area contributed by atoms with Crippen molar-refractivity contribution in [2.45, 2.75) is 12.8 Å². The summed E-state index contributed by atoms with van der Waals surface area (Å²) in [6.07, 6.45) is 5.20. The smallest absolute Gasteiger partial charge is 0.278 e. The van der Waals surface area contributed by atoms with E-state index in [-0.39, 0.29) is 5.91 Å². The first-order valence-corrected chi connectivity index (χ1v) is 7.01. The second-order valence-electron chi connectivity index (χ2n) is 5.12. The largest absolute Gasteiger partial charge is 0.381 e. The molecule has 1 aliphatic heterocycles. The summed E-state index contributed by atoms with van der Waals surface area (Å²) in [4.78, 5) is 17.8. The SMILES string of the molecule is CON(CC1CCOCC1)C(=O)c1ccc2nncn2c1. The minimum absolute atomic E-state index is 0.153. The van der Waals surface area contributed by atoms with E-state index in [0.29, 0.717) is 23.7 Å². The monoisotopic (exact) mass is 290 g/mol. The number of nitrogens with zero attached hydrogens (tertiary/aromatic N) is 4. The molecule has 1 saturated heterocycles. The fourth-order valence-electron chi connectivity index (χ4n) is 2.50. The zero-order valence-electron chi connectivity index (χ0n) is 11.9. The molecular formula is C14H18N4O3. The normalized spacial score (nSPS) is 16.2. The maximum absolute atomic E-state index is 12.5. The van der Waals surface area contributed by atoms with Crippen LogP contribution in [0.15, 0.2) is 24.7 Å². The van der Waals surface area contributed by atoms with E-state index in [2.05, 4.69) is 10.2 Å². The van der Waals surface area contributed by atoms with E-state index in [1.807, 2.05) is 0 Å². The Labute approximate surface area is 122 Å². The summed E-state index contributed by atoms with van der Waals surface area (Å²) in [5, 5.41) is 9.14. The maximum Gasteiger partial charge on any atom is 0.278 e. The number of carbonyl (C=O) groups excluding carboxylic acids is 1. The lowest BCUT2D eigenvalue weighted by atomic mass is 10.0. The molecule has 3 heterocycles. The van der Waals surface area contributed by atoms with Crippen LogP contribution in [-0.4, -0.2) is 52.4 Å². The van der Waals surface area contributed by atoms with E-state index in [4.69, 9.17) is 9.57 Å². The van der Waals surface area contributed by atoms with Crippen LogP contribution in [0.4, 0.5) is 0 Å². The number of rotatable bonds is 4. The minimum Gasteiger partial charge on any atom is -0.381 e. The van der Waals surface area contributed by atoms with Gasteiger partial charge < -0.3 is 4.74 Å². The molecule has 0 N–H and O–H groups in total. The maximum atomic E-state index is 12.5. The standard InChI is InChI=1S/C14H18N4O3/c1-20-18(8-11-4-6-21-7-5-11)14(19)12-2-3-13-16-15-10-17(13)9-12/h2-3,9-11H,4-8H2,1H3. The molecule has 3 rings (SSSR count). The van der Waals surface area contributed by atoms with Crippen LogP contribution in [0.5, 0.6) is 0 Å². The van der Waals surface area contributed by atoms with Crippen molar-refractivity contribution in [3.8, 4) is 0 Å². The van der Waals surface area contributed by atoms with Crippen molar-refractivity contribution in [2.75, 3.05) is 26.9 Å². The Morgan fingerprint density at radius 3 is 3.05 bits per heavy atom. The van der Waals surface area contributed by atoms with Gasteiger partial charge in [-0.1, -0.05) is 0 Å². The van der Waals surface area contributed by atoms with E-state index in [0.717, 1.165) is 26.1 Å². The van der Waals surface area contributed by atoms with E-state index in [1.54, 1.807) is 29.1 Å². The van der Waals surface area contributed by atoms with Crippen LogP contribution in [0.1, 0.15) is 23.2 Å². The topological polar surface area (TPSA) is 69.0 Å². The molecule has 0 radical (unpaired) electrons. The Kier molecular flexibility index (Phi) is 4.12. The summed E-state index contributed by atoms with van der Waals surface area (Å²) in [5.41, 5.74) is 1.26. The summed E-state index contributed by atoms with van der Waals surface area (Å²) in [6.45, 7) is 2.09. The molecule has 0 atom stereocenters. The number of hydrogen-bond acceptors (Lipinski definition) is 5. The Balaban J connectivity index is 1.74. The second kappa shape index (κ2) is 6.19. The molecule has 0 bridgehead atoms. The molecule has 7 nitrogen and oxygen atoms in total. The lowest BCUT2D eigenvalue weighted by Crippen LogP contribution is -2.36. The molecule has 0 unspecified atom stereocenters. The van der Waals surface area contributed by atoms with Crippen LogP contribution >= 0.6 is 0 Å². The van der Waals surface area contributed by atoms with Gasteiger partial charge >= 0.3 is 0 Å². The highest BCUT2D eigenvalue weighted by Gasteiger charge is 2.22. The van der Waals surface area contributed by atoms with Gasteiger partial charge in [0.15, 0.2) is 5.65 Å². The van der Waals surface area contributed by atoms with Gasteiger partial charge in [-0.05, 0) is 30.9 Å². The molecule has 1 fully saturated rings. The first-order valence-electron chi connectivity index (χ1n) is 7.01. The number of aromatic nitrogens is 3. The van der Waals surface area contributed by atoms with Gasteiger partial charge in [-0.15, -0.1) is 10.2 Å². The average Bonchev–Trinajstić information content (AvgIpc) is 3.00. The summed E-state index contributed by atoms with van der Waals surface area (Å²) < 4.78 is 7.06. The van der Waals surface area contributed by atoms with Crippen molar-refractivity contribution in [1.82, 2.24) is 19.7 Å². The van der Waals surface area contributed by atoms with Crippen molar-refractivity contribution in [2.24, 2.45) is 5.92 Å². The third-order valence-corrected chi connectivity index (χ3v) is 3.75. The van der Waals surface area contributed by atoms with Gasteiger partial charge in [0.05, 0.1) is 19.2 Å². The van der Waals surface area contributed by atoms with Crippen molar-refractivity contribution >= 4 is 11.6 Å². The minimum atomic E-state index is -0.153. The van der Waals surface area contributed by atoms with E-state index < -0.39 is 0 Å². The lowest BCUT2D eigenvalue weighted by Gasteiger charge is -2.28. The molecule has 2 aromatic heterocycles. The van der Waals surface area contributed by atoms with Crippen LogP contribution in [-0.2, 0) is 9.57 Å². The van der Waals surface area contributed by atoms with Crippen LogP contribution < -0.4 is 0 Å². The number of hydrogen-bond donors (Lipinski definition) is 0. The second-order valence-corrected chi connectivity index (χ2v) is 5.12. The molecular weight excluding hydrogens is 272 g/mol. The number of fused-ring (bicyclic) bond motifs is 1. The van der Waals surface area contributed by atoms with Gasteiger partial charge in [0.1, 0.15) is 6.33 Å². The molecule has 7 heteroatoms. The van der Waals surface area contributed by atoms with Crippen LogP contribution in [0.3, 0.4) is 0 Å². The molecule has 112 valence electrons. The molecule has 0 aromatic carbocycles. The Bertz CT molecular complexity index is 621. The third-order valence-electron chi connectivity index (χ3n) is 3.75. The number of ether oxygens (including phenoxy) is 1. The number of hydroxylamine groups is 2. The number of amides is 1. The van der Waals surface area contributed by atoms with Gasteiger partial charge in [0.2, 0.25) is 0 Å². The summed E-state index contributed by atoms with van der Waals surface area (Å²) in [5.74, 6) is 0.265. The van der Waals surface area contributed by atoms with Gasteiger partial charge in [0.25, 0.3) is 5.91 Å². The average molecular weight is 290 g/mol. The molecule has 1 aliphatic rings. The highest BCUT2D eigenvalue weighted by atomic mass is 16.7. The van der Waals surface area contributed by atoms with Crippen molar-refractivity contribution < 1.29 is 14.4 Å².